The lowest BCUT2D eigenvalue weighted by Gasteiger charge is -2.31. The van der Waals surface area contributed by atoms with Crippen molar-refractivity contribution >= 4 is 40.8 Å². The molecule has 0 bridgehead atoms. The van der Waals surface area contributed by atoms with E-state index in [9.17, 15) is 4.79 Å². The molecule has 3 rings (SSSR count). The number of aromatic nitrogens is 2. The van der Waals surface area contributed by atoms with Crippen LogP contribution in [0.1, 0.15) is 18.4 Å². The first-order valence-electron chi connectivity index (χ1n) is 8.50. The predicted molar refractivity (Wildman–Crippen MR) is 103 cm³/mol. The van der Waals surface area contributed by atoms with Crippen molar-refractivity contribution in [3.05, 3.63) is 46.2 Å². The molecule has 0 atom stereocenters. The van der Waals surface area contributed by atoms with E-state index in [1.54, 1.807) is 6.07 Å². The van der Waals surface area contributed by atoms with E-state index >= 15 is 0 Å². The largest absolute Gasteiger partial charge is 0.481 e. The number of nitrogens with zero attached hydrogens (tertiary/aromatic N) is 3. The Morgan fingerprint density at radius 2 is 2.00 bits per heavy atom. The number of carboxylic acid groups (broad SMARTS) is 1. The Hall–Kier alpha value is -2.05. The molecule has 138 valence electrons. The molecule has 2 heterocycles. The van der Waals surface area contributed by atoms with Gasteiger partial charge < -0.3 is 15.3 Å². The first-order chi connectivity index (χ1) is 12.5. The van der Waals surface area contributed by atoms with Crippen molar-refractivity contribution in [3.8, 4) is 0 Å². The van der Waals surface area contributed by atoms with Crippen molar-refractivity contribution in [2.75, 3.05) is 29.9 Å². The summed E-state index contributed by atoms with van der Waals surface area (Å²) >= 11 is 12.1. The molecule has 0 amide bonds. The van der Waals surface area contributed by atoms with Crippen molar-refractivity contribution in [1.82, 2.24) is 9.97 Å². The standard InChI is InChI=1S/C18H20Cl2N4O2/c19-14-2-1-12(15(20)9-14)3-6-21-16-10-17(23-11-22-16)24-7-4-13(5-8-24)18(25)26/h1-2,9-11,13H,3-8H2,(H,25,26)(H,21,22,23). The zero-order valence-electron chi connectivity index (χ0n) is 14.2. The Balaban J connectivity index is 1.55. The second-order valence-corrected chi connectivity index (χ2v) is 7.12. The van der Waals surface area contributed by atoms with Gasteiger partial charge in [-0.15, -0.1) is 0 Å². The van der Waals surface area contributed by atoms with Gasteiger partial charge in [0, 0.05) is 35.7 Å². The monoisotopic (exact) mass is 394 g/mol. The fraction of sp³-hybridized carbons (Fsp3) is 0.389. The number of hydrogen-bond donors (Lipinski definition) is 2. The number of hydrogen-bond acceptors (Lipinski definition) is 5. The summed E-state index contributed by atoms with van der Waals surface area (Å²) in [7, 11) is 0. The van der Waals surface area contributed by atoms with Crippen molar-refractivity contribution in [2.45, 2.75) is 19.3 Å². The van der Waals surface area contributed by atoms with E-state index in [-0.39, 0.29) is 5.92 Å². The number of carbonyl (C=O) groups is 1. The lowest BCUT2D eigenvalue weighted by Crippen LogP contribution is -2.36. The summed E-state index contributed by atoms with van der Waals surface area (Å²) in [4.78, 5) is 21.7. The Labute approximate surface area is 162 Å². The van der Waals surface area contributed by atoms with Crippen molar-refractivity contribution in [3.63, 3.8) is 0 Å². The highest BCUT2D eigenvalue weighted by Crippen LogP contribution is 2.24. The molecule has 1 fully saturated rings. The maximum absolute atomic E-state index is 11.1. The van der Waals surface area contributed by atoms with Gasteiger partial charge in [-0.2, -0.15) is 0 Å². The van der Waals surface area contributed by atoms with Gasteiger partial charge in [0.1, 0.15) is 18.0 Å². The fourth-order valence-electron chi connectivity index (χ4n) is 3.02. The third kappa shape index (κ3) is 4.77. The first kappa shape index (κ1) is 18.7. The minimum absolute atomic E-state index is 0.255. The van der Waals surface area contributed by atoms with E-state index in [1.807, 2.05) is 18.2 Å². The number of halogens is 2. The highest BCUT2D eigenvalue weighted by atomic mass is 35.5. The molecule has 2 aromatic rings. The van der Waals surface area contributed by atoms with Gasteiger partial charge in [0.05, 0.1) is 5.92 Å². The van der Waals surface area contributed by atoms with E-state index in [4.69, 9.17) is 28.3 Å². The number of anilines is 2. The van der Waals surface area contributed by atoms with Crippen LogP contribution in [0.5, 0.6) is 0 Å². The maximum Gasteiger partial charge on any atom is 0.306 e. The summed E-state index contributed by atoms with van der Waals surface area (Å²) < 4.78 is 0. The Bertz CT molecular complexity index is 780. The molecule has 1 aromatic carbocycles. The highest BCUT2D eigenvalue weighted by Gasteiger charge is 2.25. The van der Waals surface area contributed by atoms with Crippen LogP contribution in [0.4, 0.5) is 11.6 Å². The second kappa shape index (κ2) is 8.56. The average molecular weight is 395 g/mol. The van der Waals surface area contributed by atoms with E-state index in [0.29, 0.717) is 42.5 Å². The predicted octanol–water partition coefficient (Wildman–Crippen LogP) is 3.74. The number of nitrogens with one attached hydrogen (secondary N) is 1. The second-order valence-electron chi connectivity index (χ2n) is 6.27. The molecule has 6 nitrogen and oxygen atoms in total. The molecule has 8 heteroatoms. The smallest absolute Gasteiger partial charge is 0.306 e. The zero-order chi connectivity index (χ0) is 18.5. The molecule has 1 aliphatic rings. The van der Waals surface area contributed by atoms with E-state index in [1.165, 1.54) is 6.33 Å². The van der Waals surface area contributed by atoms with Gasteiger partial charge in [-0.05, 0) is 37.0 Å². The fourth-order valence-corrected chi connectivity index (χ4v) is 3.52. The summed E-state index contributed by atoms with van der Waals surface area (Å²) in [5, 5.41) is 13.7. The van der Waals surface area contributed by atoms with Crippen molar-refractivity contribution < 1.29 is 9.90 Å². The average Bonchev–Trinajstić information content (AvgIpc) is 2.64. The molecule has 1 saturated heterocycles. The number of piperidine rings is 1. The van der Waals surface area contributed by atoms with Crippen molar-refractivity contribution in [2.24, 2.45) is 5.92 Å². The lowest BCUT2D eigenvalue weighted by molar-refractivity contribution is -0.142. The van der Waals surface area contributed by atoms with Crippen LogP contribution >= 0.6 is 23.2 Å². The lowest BCUT2D eigenvalue weighted by atomic mass is 9.97. The molecule has 1 aromatic heterocycles. The molecule has 0 saturated carbocycles. The number of aliphatic carboxylic acids is 1. The molecular formula is C18H20Cl2N4O2. The first-order valence-corrected chi connectivity index (χ1v) is 9.26. The normalized spacial score (nSPS) is 15.1. The van der Waals surface area contributed by atoms with Crippen LogP contribution in [0, 0.1) is 5.92 Å². The van der Waals surface area contributed by atoms with Crippen LogP contribution in [0.25, 0.3) is 0 Å². The summed E-state index contributed by atoms with van der Waals surface area (Å²) in [5.41, 5.74) is 1.02. The minimum atomic E-state index is -0.712. The number of carboxylic acids is 1. The summed E-state index contributed by atoms with van der Waals surface area (Å²) in [5.74, 6) is 0.585. The van der Waals surface area contributed by atoms with Gasteiger partial charge >= 0.3 is 5.97 Å². The Morgan fingerprint density at radius 3 is 2.69 bits per heavy atom. The Kier molecular flexibility index (Phi) is 6.16. The molecule has 0 radical (unpaired) electrons. The SMILES string of the molecule is O=C(O)C1CCN(c2cc(NCCc3ccc(Cl)cc3Cl)ncn2)CC1. The van der Waals surface area contributed by atoms with Gasteiger partial charge in [0.25, 0.3) is 0 Å². The maximum atomic E-state index is 11.1. The highest BCUT2D eigenvalue weighted by molar-refractivity contribution is 6.35. The summed E-state index contributed by atoms with van der Waals surface area (Å²) in [6.45, 7) is 2.06. The molecule has 0 unspecified atom stereocenters. The quantitative estimate of drug-likeness (QED) is 0.776. The third-order valence-electron chi connectivity index (χ3n) is 4.54. The van der Waals surface area contributed by atoms with Gasteiger partial charge in [-0.3, -0.25) is 4.79 Å². The topological polar surface area (TPSA) is 78.4 Å². The van der Waals surface area contributed by atoms with E-state index in [2.05, 4.69) is 20.2 Å². The van der Waals surface area contributed by atoms with Crippen LogP contribution in [0.3, 0.4) is 0 Å². The molecule has 0 spiro atoms. The summed E-state index contributed by atoms with van der Waals surface area (Å²) in [6, 6.07) is 7.38. The van der Waals surface area contributed by atoms with Crippen LogP contribution in [-0.4, -0.2) is 40.7 Å². The molecule has 0 aliphatic carbocycles. The third-order valence-corrected chi connectivity index (χ3v) is 5.12. The zero-order valence-corrected chi connectivity index (χ0v) is 15.7. The molecule has 1 aliphatic heterocycles. The van der Waals surface area contributed by atoms with E-state index in [0.717, 1.165) is 23.6 Å². The van der Waals surface area contributed by atoms with Crippen LogP contribution in [-0.2, 0) is 11.2 Å². The molecule has 2 N–H and O–H groups in total. The number of benzene rings is 1. The van der Waals surface area contributed by atoms with Crippen molar-refractivity contribution in [1.29, 1.82) is 0 Å². The number of rotatable bonds is 6. The van der Waals surface area contributed by atoms with Gasteiger partial charge in [0.2, 0.25) is 0 Å². The minimum Gasteiger partial charge on any atom is -0.481 e. The van der Waals surface area contributed by atoms with Gasteiger partial charge in [0.15, 0.2) is 0 Å². The van der Waals surface area contributed by atoms with Gasteiger partial charge in [-0.1, -0.05) is 29.3 Å². The van der Waals surface area contributed by atoms with Crippen LogP contribution < -0.4 is 10.2 Å². The van der Waals surface area contributed by atoms with Gasteiger partial charge in [-0.25, -0.2) is 9.97 Å². The summed E-state index contributed by atoms with van der Waals surface area (Å²) in [6.07, 6.45) is 3.55. The van der Waals surface area contributed by atoms with Crippen LogP contribution in [0.15, 0.2) is 30.6 Å². The molecular weight excluding hydrogens is 375 g/mol. The Morgan fingerprint density at radius 1 is 1.23 bits per heavy atom. The molecule has 26 heavy (non-hydrogen) atoms. The van der Waals surface area contributed by atoms with Crippen LogP contribution in [0.2, 0.25) is 10.0 Å². The van der Waals surface area contributed by atoms with E-state index < -0.39 is 5.97 Å².